The molecule has 2 aliphatic heterocycles. The number of hydrogen-bond donors (Lipinski definition) is 4. The van der Waals surface area contributed by atoms with Gasteiger partial charge in [-0.3, -0.25) is 0 Å². The summed E-state index contributed by atoms with van der Waals surface area (Å²) in [7, 11) is -1.06. The molecule has 0 spiro atoms. The summed E-state index contributed by atoms with van der Waals surface area (Å²) in [6, 6.07) is 0. The monoisotopic (exact) mass is 455 g/mol. The second-order valence-corrected chi connectivity index (χ2v) is 12.6. The molecule has 4 heterocycles. The molecule has 2 saturated heterocycles. The van der Waals surface area contributed by atoms with E-state index in [2.05, 4.69) is 16.9 Å². The molecule has 10 nitrogen and oxygen atoms in total. The molecule has 11 heteroatoms. The number of ether oxygens (including phenoxy) is 1. The van der Waals surface area contributed by atoms with Gasteiger partial charge in [0.15, 0.2) is 0 Å². The fourth-order valence-corrected chi connectivity index (χ4v) is 8.62. The molecule has 0 bridgehead atoms. The van der Waals surface area contributed by atoms with Gasteiger partial charge in [-0.25, -0.2) is 0 Å². The van der Waals surface area contributed by atoms with Crippen molar-refractivity contribution in [3.05, 3.63) is 18.1 Å². The zero-order valence-electron chi connectivity index (χ0n) is 18.7. The first-order valence-electron chi connectivity index (χ1n) is 10.9. The number of fused-ring (bicyclic) bond motifs is 1. The van der Waals surface area contributed by atoms with Crippen molar-refractivity contribution in [2.24, 2.45) is 7.05 Å². The molecule has 0 aliphatic carbocycles. The summed E-state index contributed by atoms with van der Waals surface area (Å²) >= 11 is 0. The number of rotatable bonds is 7. The second kappa shape index (κ2) is 7.86. The van der Waals surface area contributed by atoms with Crippen LogP contribution in [0.3, 0.4) is 0 Å². The van der Waals surface area contributed by atoms with Gasteiger partial charge in [-0.05, 0) is 0 Å². The van der Waals surface area contributed by atoms with Crippen molar-refractivity contribution in [2.75, 3.05) is 0 Å². The molecule has 174 valence electrons. The van der Waals surface area contributed by atoms with Crippen LogP contribution in [0.2, 0.25) is 0 Å². The fourth-order valence-electron chi connectivity index (χ4n) is 4.82. The molecule has 2 aliphatic rings. The SMILES string of the molecule is CCC1C(C)[PH]1(O)OC(C)(CC)C[C@H]1O[C@H](n2cnc3c(=N)n(C)cnc32)[C@H](O)[C@@H]1O. The Kier molecular flexibility index (Phi) is 5.77. The maximum atomic E-state index is 11.0. The number of aliphatic hydroxyl groups excluding tert-OH is 2. The van der Waals surface area contributed by atoms with Crippen LogP contribution in [0.4, 0.5) is 0 Å². The number of aromatic nitrogens is 4. The van der Waals surface area contributed by atoms with Crippen LogP contribution in [0.1, 0.15) is 53.2 Å². The van der Waals surface area contributed by atoms with E-state index in [4.69, 9.17) is 14.7 Å². The van der Waals surface area contributed by atoms with E-state index in [1.54, 1.807) is 16.2 Å². The summed E-state index contributed by atoms with van der Waals surface area (Å²) in [6.45, 7) is 8.03. The molecule has 0 saturated carbocycles. The van der Waals surface area contributed by atoms with Gasteiger partial charge >= 0.3 is 181 Å². The van der Waals surface area contributed by atoms with Crippen LogP contribution in [0.5, 0.6) is 0 Å². The fraction of sp³-hybridized carbons (Fsp3) is 0.750. The zero-order valence-corrected chi connectivity index (χ0v) is 19.7. The Labute approximate surface area is 181 Å². The molecule has 31 heavy (non-hydrogen) atoms. The van der Waals surface area contributed by atoms with Gasteiger partial charge in [-0.15, -0.1) is 0 Å². The van der Waals surface area contributed by atoms with E-state index in [1.807, 2.05) is 20.8 Å². The summed E-state index contributed by atoms with van der Waals surface area (Å²) in [5.74, 6) is 0. The number of imidazole rings is 1. The summed E-state index contributed by atoms with van der Waals surface area (Å²) < 4.78 is 15.5. The predicted octanol–water partition coefficient (Wildman–Crippen LogP) is 1.20. The maximum absolute atomic E-state index is 11.0. The average molecular weight is 455 g/mol. The zero-order chi connectivity index (χ0) is 22.7. The number of aliphatic hydroxyl groups is 2. The second-order valence-electron chi connectivity index (χ2n) is 9.24. The molecule has 7 atom stereocenters. The van der Waals surface area contributed by atoms with Crippen molar-refractivity contribution in [3.63, 3.8) is 0 Å². The Morgan fingerprint density at radius 3 is 2.58 bits per heavy atom. The Balaban J connectivity index is 1.55. The van der Waals surface area contributed by atoms with Gasteiger partial charge in [0.2, 0.25) is 0 Å². The molecule has 4 N–H and O–H groups in total. The predicted molar refractivity (Wildman–Crippen MR) is 117 cm³/mol. The molecule has 2 fully saturated rings. The quantitative estimate of drug-likeness (QED) is 0.460. The molecule has 2 aromatic rings. The van der Waals surface area contributed by atoms with Gasteiger partial charge in [-0.2, -0.15) is 0 Å². The standard InChI is InChI=1S/C20H34N5O5P/c1-6-13-11(3)31(13,28)30-20(4,7-2)8-12-15(26)16(27)19(29-12)25-10-22-14-17(21)24(5)9-23-18(14)25/h9-13,15-16,19,21,26-28,31H,6-8H2,1-5H3/t11?,12-,13?,15-,16-,19+,20?/m1/s1. The van der Waals surface area contributed by atoms with E-state index < -0.39 is 37.9 Å². The normalized spacial score (nSPS) is 35.2. The first-order chi connectivity index (χ1) is 14.6. The topological polar surface area (TPSA) is 139 Å². The van der Waals surface area contributed by atoms with Gasteiger partial charge in [0.05, 0.1) is 0 Å². The van der Waals surface area contributed by atoms with E-state index in [-0.39, 0.29) is 16.8 Å². The van der Waals surface area contributed by atoms with Crippen LogP contribution in [-0.4, -0.2) is 69.4 Å². The first kappa shape index (κ1) is 22.8. The van der Waals surface area contributed by atoms with Crippen molar-refractivity contribution in [3.8, 4) is 0 Å². The van der Waals surface area contributed by atoms with Crippen LogP contribution < -0.4 is 5.49 Å². The summed E-state index contributed by atoms with van der Waals surface area (Å²) in [4.78, 5) is 19.6. The van der Waals surface area contributed by atoms with E-state index in [9.17, 15) is 15.1 Å². The van der Waals surface area contributed by atoms with Crippen LogP contribution >= 0.6 is 7.72 Å². The molecule has 3 unspecified atom stereocenters. The number of nitrogens with zero attached hydrogens (tertiary/aromatic N) is 4. The van der Waals surface area contributed by atoms with E-state index in [0.717, 1.165) is 6.42 Å². The molecular formula is C20H34N5O5P. The Hall–Kier alpha value is -1.42. The van der Waals surface area contributed by atoms with Crippen LogP contribution in [0, 0.1) is 5.41 Å². The van der Waals surface area contributed by atoms with Gasteiger partial charge in [0, 0.05) is 0 Å². The van der Waals surface area contributed by atoms with Crippen LogP contribution in [-0.2, 0) is 16.3 Å². The van der Waals surface area contributed by atoms with E-state index >= 15 is 0 Å². The van der Waals surface area contributed by atoms with Crippen LogP contribution in [0.15, 0.2) is 12.7 Å². The van der Waals surface area contributed by atoms with Gasteiger partial charge < -0.3 is 0 Å². The molecule has 2 aromatic heterocycles. The summed E-state index contributed by atoms with van der Waals surface area (Å²) in [6.07, 6.45) is 0.998. The Morgan fingerprint density at radius 2 is 1.97 bits per heavy atom. The summed E-state index contributed by atoms with van der Waals surface area (Å²) in [5.41, 5.74) is 0.754. The Morgan fingerprint density at radius 1 is 1.26 bits per heavy atom. The third-order valence-electron chi connectivity index (χ3n) is 7.22. The third kappa shape index (κ3) is 3.63. The van der Waals surface area contributed by atoms with Crippen molar-refractivity contribution in [1.82, 2.24) is 19.1 Å². The molecular weight excluding hydrogens is 421 g/mol. The minimum atomic E-state index is -2.77. The van der Waals surface area contributed by atoms with Crippen molar-refractivity contribution in [2.45, 2.75) is 88.4 Å². The third-order valence-corrected chi connectivity index (χ3v) is 11.3. The van der Waals surface area contributed by atoms with Crippen molar-refractivity contribution >= 4 is 18.9 Å². The molecule has 0 amide bonds. The van der Waals surface area contributed by atoms with E-state index in [1.165, 1.54) is 12.7 Å². The van der Waals surface area contributed by atoms with E-state index in [0.29, 0.717) is 24.0 Å². The molecule has 0 radical (unpaired) electrons. The Bertz CT molecular complexity index is 1030. The van der Waals surface area contributed by atoms with Crippen molar-refractivity contribution in [1.29, 1.82) is 5.41 Å². The number of hydrogen-bond acceptors (Lipinski definition) is 8. The van der Waals surface area contributed by atoms with Gasteiger partial charge in [0.1, 0.15) is 0 Å². The van der Waals surface area contributed by atoms with Crippen molar-refractivity contribution < 1.29 is 24.4 Å². The molecule has 4 rings (SSSR count). The number of nitrogens with one attached hydrogen (secondary N) is 1. The summed E-state index contributed by atoms with van der Waals surface area (Å²) in [5, 5.41) is 29.6. The van der Waals surface area contributed by atoms with Gasteiger partial charge in [0.25, 0.3) is 0 Å². The van der Waals surface area contributed by atoms with Gasteiger partial charge in [-0.1, -0.05) is 0 Å². The average Bonchev–Trinajstić information content (AvgIpc) is 3.03. The minimum absolute atomic E-state index is 0.194. The first-order valence-corrected chi connectivity index (χ1v) is 12.9. The number of aryl methyl sites for hydroxylation is 1. The van der Waals surface area contributed by atoms with Crippen LogP contribution in [0.25, 0.3) is 11.2 Å². The molecule has 0 aromatic carbocycles.